The maximum absolute atomic E-state index is 13.7. The molecule has 1 N–H and O–H groups in total. The molecule has 1 atom stereocenters. The quantitative estimate of drug-likeness (QED) is 0.704. The van der Waals surface area contributed by atoms with Gasteiger partial charge < -0.3 is 14.6 Å². The monoisotopic (exact) mass is 367 g/mol. The molecule has 0 aliphatic carbocycles. The van der Waals surface area contributed by atoms with Crippen LogP contribution < -0.4 is 5.32 Å². The maximum Gasteiger partial charge on any atom is 0.337 e. The second-order valence-corrected chi connectivity index (χ2v) is 5.93. The molecular formula is C20H18FN3O3. The summed E-state index contributed by atoms with van der Waals surface area (Å²) < 4.78 is 20.1. The van der Waals surface area contributed by atoms with Gasteiger partial charge in [-0.05, 0) is 42.0 Å². The second-order valence-electron chi connectivity index (χ2n) is 5.93. The molecule has 0 saturated carbocycles. The van der Waals surface area contributed by atoms with Gasteiger partial charge in [-0.15, -0.1) is 0 Å². The van der Waals surface area contributed by atoms with E-state index in [0.717, 1.165) is 0 Å². The number of rotatable bonds is 5. The summed E-state index contributed by atoms with van der Waals surface area (Å²) in [6.45, 7) is 0. The Morgan fingerprint density at radius 3 is 2.44 bits per heavy atom. The first kappa shape index (κ1) is 18.3. The highest BCUT2D eigenvalue weighted by Gasteiger charge is 2.22. The van der Waals surface area contributed by atoms with E-state index in [1.54, 1.807) is 36.1 Å². The summed E-state index contributed by atoms with van der Waals surface area (Å²) in [6.07, 6.45) is 3.36. The van der Waals surface area contributed by atoms with Crippen LogP contribution in [-0.4, -0.2) is 28.5 Å². The van der Waals surface area contributed by atoms with E-state index in [0.29, 0.717) is 22.5 Å². The van der Waals surface area contributed by atoms with E-state index in [1.165, 1.54) is 43.5 Å². The Morgan fingerprint density at radius 2 is 1.85 bits per heavy atom. The molecule has 27 heavy (non-hydrogen) atoms. The molecule has 3 rings (SSSR count). The molecule has 2 aromatic carbocycles. The smallest absolute Gasteiger partial charge is 0.337 e. The lowest BCUT2D eigenvalue weighted by Gasteiger charge is -2.19. The van der Waals surface area contributed by atoms with Gasteiger partial charge in [0.15, 0.2) is 0 Å². The first-order valence-corrected chi connectivity index (χ1v) is 8.21. The minimum Gasteiger partial charge on any atom is -0.465 e. The van der Waals surface area contributed by atoms with Crippen LogP contribution in [0.15, 0.2) is 60.9 Å². The fourth-order valence-corrected chi connectivity index (χ4v) is 2.73. The number of carbonyl (C=O) groups is 2. The normalized spacial score (nSPS) is 11.7. The maximum atomic E-state index is 13.7. The summed E-state index contributed by atoms with van der Waals surface area (Å²) >= 11 is 0. The van der Waals surface area contributed by atoms with Crippen LogP contribution in [0.5, 0.6) is 0 Å². The number of carbonyl (C=O) groups excluding carboxylic acids is 2. The standard InChI is InChI=1S/C20H18FN3O3/c1-24-11-10-22-18(24)17(15-4-3-5-16(21)12-15)23-19(25)13-6-8-14(9-7-13)20(26)27-2/h3-12,17H,1-2H3,(H,23,25). The summed E-state index contributed by atoms with van der Waals surface area (Å²) in [6, 6.07) is 11.5. The van der Waals surface area contributed by atoms with Crippen molar-refractivity contribution in [3.8, 4) is 0 Å². The molecule has 1 amide bonds. The molecule has 0 aliphatic rings. The molecule has 138 valence electrons. The van der Waals surface area contributed by atoms with Crippen molar-refractivity contribution in [2.24, 2.45) is 7.05 Å². The van der Waals surface area contributed by atoms with Crippen LogP contribution in [0.3, 0.4) is 0 Å². The Bertz CT molecular complexity index is 967. The Balaban J connectivity index is 1.89. The zero-order valence-corrected chi connectivity index (χ0v) is 14.8. The van der Waals surface area contributed by atoms with Crippen LogP contribution >= 0.6 is 0 Å². The first-order valence-electron chi connectivity index (χ1n) is 8.21. The van der Waals surface area contributed by atoms with Gasteiger partial charge in [0.1, 0.15) is 17.7 Å². The molecule has 1 heterocycles. The van der Waals surface area contributed by atoms with Gasteiger partial charge in [0, 0.05) is 25.0 Å². The first-order chi connectivity index (χ1) is 13.0. The predicted molar refractivity (Wildman–Crippen MR) is 96.7 cm³/mol. The van der Waals surface area contributed by atoms with Crippen LogP contribution in [0.2, 0.25) is 0 Å². The molecule has 0 fully saturated rings. The largest absolute Gasteiger partial charge is 0.465 e. The second kappa shape index (κ2) is 7.82. The number of esters is 1. The molecule has 0 bridgehead atoms. The van der Waals surface area contributed by atoms with Crippen LogP contribution in [0.1, 0.15) is 38.1 Å². The van der Waals surface area contributed by atoms with E-state index in [2.05, 4.69) is 15.0 Å². The zero-order chi connectivity index (χ0) is 19.4. The minimum absolute atomic E-state index is 0.347. The van der Waals surface area contributed by atoms with Crippen LogP contribution in [0.25, 0.3) is 0 Å². The highest BCUT2D eigenvalue weighted by atomic mass is 19.1. The number of hydrogen-bond acceptors (Lipinski definition) is 4. The van der Waals surface area contributed by atoms with Gasteiger partial charge in [-0.3, -0.25) is 4.79 Å². The lowest BCUT2D eigenvalue weighted by molar-refractivity contribution is 0.0600. The number of imidazole rings is 1. The molecule has 0 radical (unpaired) electrons. The van der Waals surface area contributed by atoms with Gasteiger partial charge >= 0.3 is 5.97 Å². The van der Waals surface area contributed by atoms with Gasteiger partial charge in [0.25, 0.3) is 5.91 Å². The topological polar surface area (TPSA) is 73.2 Å². The number of benzene rings is 2. The summed E-state index contributed by atoms with van der Waals surface area (Å²) in [7, 11) is 3.09. The Hall–Kier alpha value is -3.48. The van der Waals surface area contributed by atoms with Crippen molar-refractivity contribution in [3.63, 3.8) is 0 Å². The van der Waals surface area contributed by atoms with Gasteiger partial charge in [0.2, 0.25) is 0 Å². The molecule has 1 unspecified atom stereocenters. The molecule has 7 heteroatoms. The third kappa shape index (κ3) is 4.03. The van der Waals surface area contributed by atoms with Gasteiger partial charge in [-0.25, -0.2) is 14.2 Å². The number of aryl methyl sites for hydroxylation is 1. The van der Waals surface area contributed by atoms with Crippen molar-refractivity contribution in [1.29, 1.82) is 0 Å². The number of ether oxygens (including phenoxy) is 1. The van der Waals surface area contributed by atoms with Crippen LogP contribution in [-0.2, 0) is 11.8 Å². The van der Waals surface area contributed by atoms with Crippen LogP contribution in [0.4, 0.5) is 4.39 Å². The SMILES string of the molecule is COC(=O)c1ccc(C(=O)NC(c2cccc(F)c2)c2nccn2C)cc1. The lowest BCUT2D eigenvalue weighted by atomic mass is 10.0. The van der Waals surface area contributed by atoms with E-state index >= 15 is 0 Å². The number of methoxy groups -OCH3 is 1. The Kier molecular flexibility index (Phi) is 5.30. The fraction of sp³-hybridized carbons (Fsp3) is 0.150. The molecule has 0 spiro atoms. The Labute approximate surface area is 155 Å². The average Bonchev–Trinajstić information content (AvgIpc) is 3.11. The van der Waals surface area contributed by atoms with Crippen molar-refractivity contribution in [1.82, 2.24) is 14.9 Å². The van der Waals surface area contributed by atoms with E-state index in [1.807, 2.05) is 0 Å². The summed E-state index contributed by atoms with van der Waals surface area (Å²) in [5.74, 6) is -0.681. The molecule has 1 aromatic heterocycles. The number of amides is 1. The summed E-state index contributed by atoms with van der Waals surface area (Å²) in [4.78, 5) is 28.5. The summed E-state index contributed by atoms with van der Waals surface area (Å²) in [5.41, 5.74) is 1.28. The van der Waals surface area contributed by atoms with E-state index in [-0.39, 0.29) is 5.91 Å². The predicted octanol–water partition coefficient (Wildman–Crippen LogP) is 2.87. The molecule has 6 nitrogen and oxygen atoms in total. The van der Waals surface area contributed by atoms with Crippen molar-refractivity contribution >= 4 is 11.9 Å². The van der Waals surface area contributed by atoms with E-state index in [9.17, 15) is 14.0 Å². The van der Waals surface area contributed by atoms with Crippen LogP contribution in [0, 0.1) is 5.82 Å². The number of aromatic nitrogens is 2. The molecule has 0 aliphatic heterocycles. The van der Waals surface area contributed by atoms with Crippen molar-refractivity contribution < 1.29 is 18.7 Å². The highest BCUT2D eigenvalue weighted by molar-refractivity contribution is 5.96. The fourth-order valence-electron chi connectivity index (χ4n) is 2.73. The zero-order valence-electron chi connectivity index (χ0n) is 14.8. The lowest BCUT2D eigenvalue weighted by Crippen LogP contribution is -2.31. The minimum atomic E-state index is -0.631. The highest BCUT2D eigenvalue weighted by Crippen LogP contribution is 2.22. The molecule has 0 saturated heterocycles. The average molecular weight is 367 g/mol. The summed E-state index contributed by atoms with van der Waals surface area (Å²) in [5, 5.41) is 2.88. The van der Waals surface area contributed by atoms with E-state index in [4.69, 9.17) is 0 Å². The number of hydrogen-bond donors (Lipinski definition) is 1. The number of halogens is 1. The molecule has 3 aromatic rings. The van der Waals surface area contributed by atoms with E-state index < -0.39 is 17.8 Å². The number of nitrogens with one attached hydrogen (secondary N) is 1. The van der Waals surface area contributed by atoms with Gasteiger partial charge in [0.05, 0.1) is 12.7 Å². The van der Waals surface area contributed by atoms with Crippen molar-refractivity contribution in [3.05, 3.63) is 89.3 Å². The Morgan fingerprint density at radius 1 is 1.15 bits per heavy atom. The number of nitrogens with zero attached hydrogens (tertiary/aromatic N) is 2. The molecular weight excluding hydrogens is 349 g/mol. The van der Waals surface area contributed by atoms with Gasteiger partial charge in [-0.1, -0.05) is 12.1 Å². The third-order valence-electron chi connectivity index (χ3n) is 4.14. The van der Waals surface area contributed by atoms with Crippen molar-refractivity contribution in [2.45, 2.75) is 6.04 Å². The van der Waals surface area contributed by atoms with Gasteiger partial charge in [-0.2, -0.15) is 0 Å². The van der Waals surface area contributed by atoms with Crippen molar-refractivity contribution in [2.75, 3.05) is 7.11 Å². The third-order valence-corrected chi connectivity index (χ3v) is 4.14.